The molecule has 1 aliphatic rings. The van der Waals surface area contributed by atoms with Gasteiger partial charge < -0.3 is 15.0 Å². The maximum Gasteiger partial charge on any atom is 0.257 e. The third kappa shape index (κ3) is 3.75. The van der Waals surface area contributed by atoms with Gasteiger partial charge in [0.25, 0.3) is 5.91 Å². The molecule has 0 radical (unpaired) electrons. The van der Waals surface area contributed by atoms with Crippen LogP contribution >= 0.6 is 15.9 Å². The summed E-state index contributed by atoms with van der Waals surface area (Å²) in [6.07, 6.45) is -0.488. The largest absolute Gasteiger partial charge is 0.380 e. The summed E-state index contributed by atoms with van der Waals surface area (Å²) in [5, 5.41) is 3.07. The van der Waals surface area contributed by atoms with E-state index in [1.807, 2.05) is 42.2 Å². The van der Waals surface area contributed by atoms with Crippen molar-refractivity contribution in [3.05, 3.63) is 87.3 Å². The molecule has 4 rings (SSSR count). The van der Waals surface area contributed by atoms with E-state index in [9.17, 15) is 9.18 Å². The van der Waals surface area contributed by atoms with Crippen molar-refractivity contribution in [2.75, 3.05) is 12.0 Å². The number of aryl methyl sites for hydroxylation is 1. The Bertz CT molecular complexity index is 1050. The molecule has 1 atom stereocenters. The number of carbonyl (C=O) groups excluding carboxylic acids is 1. The molecule has 0 unspecified atom stereocenters. The molecule has 0 spiro atoms. The van der Waals surface area contributed by atoms with Crippen LogP contribution in [0.5, 0.6) is 0 Å². The highest BCUT2D eigenvalue weighted by Crippen LogP contribution is 2.40. The van der Waals surface area contributed by atoms with Gasteiger partial charge in [-0.25, -0.2) is 9.37 Å². The number of benzene rings is 2. The van der Waals surface area contributed by atoms with E-state index in [1.54, 1.807) is 19.2 Å². The molecule has 2 aromatic carbocycles. The number of ether oxygens (including phenoxy) is 1. The van der Waals surface area contributed by atoms with Crippen LogP contribution in [0.3, 0.4) is 0 Å². The summed E-state index contributed by atoms with van der Waals surface area (Å²) in [5.74, 6) is -0.0151. The van der Waals surface area contributed by atoms with E-state index >= 15 is 0 Å². The van der Waals surface area contributed by atoms with Gasteiger partial charge in [0, 0.05) is 23.0 Å². The predicted octanol–water partition coefficient (Wildman–Crippen LogP) is 5.02. The van der Waals surface area contributed by atoms with Gasteiger partial charge in [-0.05, 0) is 60.5 Å². The Morgan fingerprint density at radius 2 is 1.86 bits per heavy atom. The van der Waals surface area contributed by atoms with Crippen LogP contribution < -0.4 is 10.2 Å². The van der Waals surface area contributed by atoms with Gasteiger partial charge in [0.2, 0.25) is 0 Å². The van der Waals surface area contributed by atoms with E-state index in [0.717, 1.165) is 27.0 Å². The zero-order chi connectivity index (χ0) is 20.5. The maximum atomic E-state index is 13.6. The molecule has 5 nitrogen and oxygen atoms in total. The number of nitrogens with zero attached hydrogens (tertiary/aromatic N) is 2. The van der Waals surface area contributed by atoms with Crippen molar-refractivity contribution in [3.63, 3.8) is 0 Å². The molecule has 1 aromatic heterocycles. The normalized spacial score (nSPS) is 15.8. The Kier molecular flexibility index (Phi) is 5.34. The Labute approximate surface area is 176 Å². The molecule has 0 aliphatic carbocycles. The summed E-state index contributed by atoms with van der Waals surface area (Å²) in [4.78, 5) is 19.7. The number of methoxy groups -OCH3 is 1. The van der Waals surface area contributed by atoms with Gasteiger partial charge in [0.1, 0.15) is 17.8 Å². The zero-order valence-electron chi connectivity index (χ0n) is 15.9. The number of fused-ring (bicyclic) bond motifs is 1. The summed E-state index contributed by atoms with van der Waals surface area (Å²) in [7, 11) is 1.59. The second kappa shape index (κ2) is 7.93. The highest BCUT2D eigenvalue weighted by molar-refractivity contribution is 9.10. The second-order valence-corrected chi connectivity index (χ2v) is 7.74. The highest BCUT2D eigenvalue weighted by atomic mass is 79.9. The first kappa shape index (κ1) is 19.5. The number of amides is 1. The summed E-state index contributed by atoms with van der Waals surface area (Å²) >= 11 is 3.44. The van der Waals surface area contributed by atoms with Crippen LogP contribution in [0.15, 0.2) is 59.1 Å². The van der Waals surface area contributed by atoms with Crippen LogP contribution in [-0.2, 0) is 11.3 Å². The number of hydrogen-bond acceptors (Lipinski definition) is 4. The Morgan fingerprint density at radius 3 is 2.52 bits per heavy atom. The molecule has 1 amide bonds. The minimum Gasteiger partial charge on any atom is -0.380 e. The van der Waals surface area contributed by atoms with Crippen molar-refractivity contribution in [1.82, 2.24) is 10.3 Å². The maximum absolute atomic E-state index is 13.6. The first-order valence-electron chi connectivity index (χ1n) is 9.08. The molecule has 1 N–H and O–H groups in total. The van der Waals surface area contributed by atoms with Gasteiger partial charge >= 0.3 is 0 Å². The minimum absolute atomic E-state index is 0.217. The lowest BCUT2D eigenvalue weighted by Gasteiger charge is -2.39. The van der Waals surface area contributed by atoms with E-state index in [0.29, 0.717) is 18.0 Å². The fourth-order valence-electron chi connectivity index (χ4n) is 3.55. The Morgan fingerprint density at radius 1 is 1.17 bits per heavy atom. The van der Waals surface area contributed by atoms with E-state index in [2.05, 4.69) is 26.2 Å². The molecule has 3 aromatic rings. The van der Waals surface area contributed by atoms with Crippen molar-refractivity contribution in [3.8, 4) is 0 Å². The van der Waals surface area contributed by atoms with E-state index in [1.165, 1.54) is 12.1 Å². The average molecular weight is 456 g/mol. The van der Waals surface area contributed by atoms with Gasteiger partial charge in [-0.1, -0.05) is 28.1 Å². The standard InChI is InChI=1S/C22H19BrFN3O2/c1-13-11-15(12-29-2)19-21(25-13)27(18-9-7-17(24)8-10-18)20(26-22(19)28)14-3-5-16(23)6-4-14/h3-11,20H,12H2,1-2H3,(H,26,28)/t20-/m0/s1. The Hall–Kier alpha value is -2.77. The van der Waals surface area contributed by atoms with Crippen molar-refractivity contribution in [1.29, 1.82) is 0 Å². The molecular formula is C22H19BrFN3O2. The van der Waals surface area contributed by atoms with Gasteiger partial charge in [-0.2, -0.15) is 0 Å². The molecule has 1 aliphatic heterocycles. The van der Waals surface area contributed by atoms with E-state index < -0.39 is 6.17 Å². The number of anilines is 2. The molecule has 148 valence electrons. The first-order valence-corrected chi connectivity index (χ1v) is 9.88. The number of aromatic nitrogens is 1. The van der Waals surface area contributed by atoms with Gasteiger partial charge in [-0.3, -0.25) is 4.79 Å². The quantitative estimate of drug-likeness (QED) is 0.599. The molecule has 7 heteroatoms. The SMILES string of the molecule is COCc1cc(C)nc2c1C(=O)N[C@H](c1ccc(Br)cc1)N2c1ccc(F)cc1. The molecular weight excluding hydrogens is 437 g/mol. The third-order valence-electron chi connectivity index (χ3n) is 4.78. The van der Waals surface area contributed by atoms with E-state index in [4.69, 9.17) is 4.74 Å². The molecule has 0 bridgehead atoms. The van der Waals surface area contributed by atoms with Crippen LogP contribution in [0, 0.1) is 12.7 Å². The van der Waals surface area contributed by atoms with Gasteiger partial charge in [0.05, 0.1) is 12.2 Å². The lowest BCUT2D eigenvalue weighted by Crippen LogP contribution is -2.45. The van der Waals surface area contributed by atoms with Crippen LogP contribution in [-0.4, -0.2) is 18.0 Å². The van der Waals surface area contributed by atoms with Crippen molar-refractivity contribution >= 4 is 33.3 Å². The number of nitrogens with one attached hydrogen (secondary N) is 1. The molecule has 0 saturated heterocycles. The van der Waals surface area contributed by atoms with Crippen molar-refractivity contribution < 1.29 is 13.9 Å². The number of pyridine rings is 1. The Balaban J connectivity index is 1.94. The summed E-state index contributed by atoms with van der Waals surface area (Å²) in [6.45, 7) is 2.17. The molecule has 29 heavy (non-hydrogen) atoms. The lowest BCUT2D eigenvalue weighted by atomic mass is 10.0. The van der Waals surface area contributed by atoms with Crippen molar-refractivity contribution in [2.45, 2.75) is 19.7 Å². The molecule has 0 saturated carbocycles. The fourth-order valence-corrected chi connectivity index (χ4v) is 3.81. The van der Waals surface area contributed by atoms with Crippen LogP contribution in [0.1, 0.15) is 33.3 Å². The predicted molar refractivity (Wildman–Crippen MR) is 113 cm³/mol. The number of rotatable bonds is 4. The van der Waals surface area contributed by atoms with Gasteiger partial charge in [0.15, 0.2) is 0 Å². The second-order valence-electron chi connectivity index (χ2n) is 6.83. The molecule has 2 heterocycles. The zero-order valence-corrected chi connectivity index (χ0v) is 17.5. The summed E-state index contributed by atoms with van der Waals surface area (Å²) < 4.78 is 19.8. The number of carbonyl (C=O) groups is 1. The average Bonchev–Trinajstić information content (AvgIpc) is 2.69. The number of hydrogen-bond donors (Lipinski definition) is 1. The van der Waals surface area contributed by atoms with Crippen molar-refractivity contribution in [2.24, 2.45) is 0 Å². The van der Waals surface area contributed by atoms with Crippen LogP contribution in [0.2, 0.25) is 0 Å². The fraction of sp³-hybridized carbons (Fsp3) is 0.182. The van der Waals surface area contributed by atoms with Crippen LogP contribution in [0.4, 0.5) is 15.9 Å². The van der Waals surface area contributed by atoms with Gasteiger partial charge in [-0.15, -0.1) is 0 Å². The molecule has 0 fully saturated rings. The summed E-state index contributed by atoms with van der Waals surface area (Å²) in [6, 6.07) is 15.7. The first-order chi connectivity index (χ1) is 14.0. The topological polar surface area (TPSA) is 54.5 Å². The minimum atomic E-state index is -0.488. The lowest BCUT2D eigenvalue weighted by molar-refractivity contribution is 0.0923. The third-order valence-corrected chi connectivity index (χ3v) is 5.31. The summed E-state index contributed by atoms with van der Waals surface area (Å²) in [5.41, 5.74) is 3.60. The number of halogens is 2. The monoisotopic (exact) mass is 455 g/mol. The van der Waals surface area contributed by atoms with E-state index in [-0.39, 0.29) is 11.7 Å². The highest BCUT2D eigenvalue weighted by Gasteiger charge is 2.36. The van der Waals surface area contributed by atoms with Crippen LogP contribution in [0.25, 0.3) is 0 Å². The smallest absolute Gasteiger partial charge is 0.257 e.